The lowest BCUT2D eigenvalue weighted by molar-refractivity contribution is 0.0697. The van der Waals surface area contributed by atoms with Gasteiger partial charge >= 0.3 is 5.97 Å². The van der Waals surface area contributed by atoms with Crippen molar-refractivity contribution < 1.29 is 14.3 Å². The van der Waals surface area contributed by atoms with Gasteiger partial charge in [-0.3, -0.25) is 0 Å². The maximum absolute atomic E-state index is 13.3. The molecule has 20 heavy (non-hydrogen) atoms. The number of carbonyl (C=O) groups is 1. The molecule has 4 heteroatoms. The molecule has 0 amide bonds. The second-order valence-electron chi connectivity index (χ2n) is 4.50. The number of carboxylic acids is 1. The van der Waals surface area contributed by atoms with Gasteiger partial charge in [-0.25, -0.2) is 9.18 Å². The van der Waals surface area contributed by atoms with Crippen molar-refractivity contribution in [2.45, 2.75) is 13.5 Å². The van der Waals surface area contributed by atoms with Crippen LogP contribution in [0.1, 0.15) is 22.8 Å². The molecule has 2 aromatic carbocycles. The van der Waals surface area contributed by atoms with Gasteiger partial charge in [-0.15, -0.1) is 0 Å². The lowest BCUT2D eigenvalue weighted by Gasteiger charge is -2.23. The zero-order chi connectivity index (χ0) is 14.5. The maximum Gasteiger partial charge on any atom is 0.335 e. The predicted octanol–water partition coefficient (Wildman–Crippen LogP) is 3.55. The minimum absolute atomic E-state index is 0.262. The van der Waals surface area contributed by atoms with Crippen LogP contribution in [0.4, 0.5) is 10.1 Å². The Kier molecular flexibility index (Phi) is 4.35. The molecule has 0 aliphatic heterocycles. The van der Waals surface area contributed by atoms with Gasteiger partial charge in [0.25, 0.3) is 0 Å². The van der Waals surface area contributed by atoms with Crippen molar-refractivity contribution in [2.75, 3.05) is 11.4 Å². The third-order valence-electron chi connectivity index (χ3n) is 3.13. The summed E-state index contributed by atoms with van der Waals surface area (Å²) in [6.45, 7) is 3.35. The molecule has 0 fully saturated rings. The summed E-state index contributed by atoms with van der Waals surface area (Å²) in [5, 5.41) is 8.86. The highest BCUT2D eigenvalue weighted by Crippen LogP contribution is 2.18. The lowest BCUT2D eigenvalue weighted by atomic mass is 10.1. The van der Waals surface area contributed by atoms with Crippen molar-refractivity contribution in [3.05, 3.63) is 65.5 Å². The van der Waals surface area contributed by atoms with Crippen LogP contribution in [0.15, 0.2) is 48.5 Å². The number of anilines is 1. The zero-order valence-electron chi connectivity index (χ0n) is 11.2. The largest absolute Gasteiger partial charge is 0.478 e. The van der Waals surface area contributed by atoms with Crippen molar-refractivity contribution in [1.29, 1.82) is 0 Å². The van der Waals surface area contributed by atoms with Crippen LogP contribution in [0, 0.1) is 5.82 Å². The highest BCUT2D eigenvalue weighted by atomic mass is 19.1. The Balaban J connectivity index is 2.16. The molecule has 1 N–H and O–H groups in total. The first-order valence-corrected chi connectivity index (χ1v) is 6.43. The monoisotopic (exact) mass is 273 g/mol. The van der Waals surface area contributed by atoms with Crippen LogP contribution in [0.3, 0.4) is 0 Å². The zero-order valence-corrected chi connectivity index (χ0v) is 11.2. The predicted molar refractivity (Wildman–Crippen MR) is 76.5 cm³/mol. The van der Waals surface area contributed by atoms with Gasteiger partial charge < -0.3 is 10.0 Å². The summed E-state index contributed by atoms with van der Waals surface area (Å²) >= 11 is 0. The summed E-state index contributed by atoms with van der Waals surface area (Å²) in [7, 11) is 0. The van der Waals surface area contributed by atoms with E-state index in [0.717, 1.165) is 17.8 Å². The molecule has 0 saturated heterocycles. The summed E-state index contributed by atoms with van der Waals surface area (Å²) < 4.78 is 13.3. The Labute approximate surface area is 117 Å². The van der Waals surface area contributed by atoms with E-state index in [1.807, 2.05) is 17.9 Å². The molecule has 0 aliphatic carbocycles. The van der Waals surface area contributed by atoms with Crippen LogP contribution >= 0.6 is 0 Å². The van der Waals surface area contributed by atoms with Gasteiger partial charge in [-0.05, 0) is 42.8 Å². The quantitative estimate of drug-likeness (QED) is 0.905. The van der Waals surface area contributed by atoms with E-state index >= 15 is 0 Å². The van der Waals surface area contributed by atoms with E-state index in [4.69, 9.17) is 5.11 Å². The van der Waals surface area contributed by atoms with Crippen LogP contribution in [0.25, 0.3) is 0 Å². The Morgan fingerprint density at radius 2 is 1.90 bits per heavy atom. The standard InChI is InChI=1S/C16H16FNO2/c1-2-18(15-5-3-4-14(17)10-15)11-12-6-8-13(9-7-12)16(19)20/h3-10H,2,11H2,1H3,(H,19,20). The van der Waals surface area contributed by atoms with Gasteiger partial charge in [-0.1, -0.05) is 18.2 Å². The van der Waals surface area contributed by atoms with Gasteiger partial charge in [0.05, 0.1) is 5.56 Å². The first-order chi connectivity index (χ1) is 9.60. The molecule has 0 saturated carbocycles. The number of aromatic carboxylic acids is 1. The molecule has 0 unspecified atom stereocenters. The fourth-order valence-electron chi connectivity index (χ4n) is 2.03. The molecule has 0 radical (unpaired) electrons. The van der Waals surface area contributed by atoms with Crippen molar-refractivity contribution in [2.24, 2.45) is 0 Å². The van der Waals surface area contributed by atoms with E-state index in [9.17, 15) is 9.18 Å². The van der Waals surface area contributed by atoms with Crippen LogP contribution in [0.5, 0.6) is 0 Å². The molecule has 0 heterocycles. The van der Waals surface area contributed by atoms with Gasteiger partial charge in [0.1, 0.15) is 5.82 Å². The Hall–Kier alpha value is -2.36. The number of hydrogen-bond acceptors (Lipinski definition) is 2. The van der Waals surface area contributed by atoms with E-state index in [1.165, 1.54) is 12.1 Å². The van der Waals surface area contributed by atoms with E-state index in [1.54, 1.807) is 30.3 Å². The molecular weight excluding hydrogens is 257 g/mol. The number of halogens is 1. The minimum atomic E-state index is -0.936. The SMILES string of the molecule is CCN(Cc1ccc(C(=O)O)cc1)c1cccc(F)c1. The molecule has 104 valence electrons. The van der Waals surface area contributed by atoms with Crippen LogP contribution in [-0.2, 0) is 6.54 Å². The molecule has 2 aromatic rings. The Morgan fingerprint density at radius 3 is 2.45 bits per heavy atom. The van der Waals surface area contributed by atoms with Crippen molar-refractivity contribution >= 4 is 11.7 Å². The first kappa shape index (κ1) is 14.1. The van der Waals surface area contributed by atoms with E-state index in [-0.39, 0.29) is 11.4 Å². The van der Waals surface area contributed by atoms with Gasteiger partial charge in [-0.2, -0.15) is 0 Å². The number of hydrogen-bond donors (Lipinski definition) is 1. The molecule has 0 bridgehead atoms. The van der Waals surface area contributed by atoms with Crippen LogP contribution in [0.2, 0.25) is 0 Å². The molecule has 0 aliphatic rings. The fraction of sp³-hybridized carbons (Fsp3) is 0.188. The summed E-state index contributed by atoms with van der Waals surface area (Å²) in [5.74, 6) is -1.20. The first-order valence-electron chi connectivity index (χ1n) is 6.43. The van der Waals surface area contributed by atoms with Gasteiger partial charge in [0, 0.05) is 18.8 Å². The van der Waals surface area contributed by atoms with Crippen LogP contribution in [-0.4, -0.2) is 17.6 Å². The highest BCUT2D eigenvalue weighted by Gasteiger charge is 2.07. The normalized spacial score (nSPS) is 10.3. The number of benzene rings is 2. The third-order valence-corrected chi connectivity index (χ3v) is 3.13. The van der Waals surface area contributed by atoms with E-state index < -0.39 is 5.97 Å². The highest BCUT2D eigenvalue weighted by molar-refractivity contribution is 5.87. The van der Waals surface area contributed by atoms with Gasteiger partial charge in [0.15, 0.2) is 0 Å². The van der Waals surface area contributed by atoms with Crippen molar-refractivity contribution in [3.8, 4) is 0 Å². The summed E-state index contributed by atoms with van der Waals surface area (Å²) in [6.07, 6.45) is 0. The molecule has 2 rings (SSSR count). The van der Waals surface area contributed by atoms with E-state index in [2.05, 4.69) is 0 Å². The molecule has 0 spiro atoms. The van der Waals surface area contributed by atoms with Crippen molar-refractivity contribution in [3.63, 3.8) is 0 Å². The number of carboxylic acid groups (broad SMARTS) is 1. The topological polar surface area (TPSA) is 40.5 Å². The van der Waals surface area contributed by atoms with Crippen molar-refractivity contribution in [1.82, 2.24) is 0 Å². The number of nitrogens with zero attached hydrogens (tertiary/aromatic N) is 1. The number of rotatable bonds is 5. The smallest absolute Gasteiger partial charge is 0.335 e. The Morgan fingerprint density at radius 1 is 1.20 bits per heavy atom. The summed E-state index contributed by atoms with van der Waals surface area (Å²) in [4.78, 5) is 12.8. The average Bonchev–Trinajstić information content (AvgIpc) is 2.45. The lowest BCUT2D eigenvalue weighted by Crippen LogP contribution is -2.22. The molecule has 0 atom stereocenters. The second kappa shape index (κ2) is 6.19. The van der Waals surface area contributed by atoms with E-state index in [0.29, 0.717) is 6.54 Å². The minimum Gasteiger partial charge on any atom is -0.478 e. The van der Waals surface area contributed by atoms with Gasteiger partial charge in [0.2, 0.25) is 0 Å². The molecular formula is C16H16FNO2. The molecule has 0 aromatic heterocycles. The molecule has 3 nitrogen and oxygen atoms in total. The third kappa shape index (κ3) is 3.35. The fourth-order valence-corrected chi connectivity index (χ4v) is 2.03. The Bertz CT molecular complexity index is 596. The summed E-state index contributed by atoms with van der Waals surface area (Å²) in [6, 6.07) is 13.2. The second-order valence-corrected chi connectivity index (χ2v) is 4.50. The maximum atomic E-state index is 13.3. The van der Waals surface area contributed by atoms with Crippen LogP contribution < -0.4 is 4.90 Å². The summed E-state index contributed by atoms with van der Waals surface area (Å²) in [5.41, 5.74) is 2.07. The average molecular weight is 273 g/mol.